The number of hydrogen-bond acceptors (Lipinski definition) is 6. The summed E-state index contributed by atoms with van der Waals surface area (Å²) in [6, 6.07) is 7.16. The second-order valence-corrected chi connectivity index (χ2v) is 8.41. The highest BCUT2D eigenvalue weighted by Crippen LogP contribution is 2.30. The summed E-state index contributed by atoms with van der Waals surface area (Å²) < 4.78 is 24.5. The lowest BCUT2D eigenvalue weighted by Gasteiger charge is -2.37. The Hall–Kier alpha value is -3.04. The zero-order chi connectivity index (χ0) is 24.1. The molecule has 0 unspecified atom stereocenters. The minimum Gasteiger partial charge on any atom is -0.472 e. The zero-order valence-corrected chi connectivity index (χ0v) is 19.3. The molecule has 33 heavy (non-hydrogen) atoms. The third-order valence-electron chi connectivity index (χ3n) is 5.85. The van der Waals surface area contributed by atoms with E-state index in [1.54, 1.807) is 43.3 Å². The van der Waals surface area contributed by atoms with Crippen molar-refractivity contribution in [3.05, 3.63) is 47.9 Å². The second-order valence-electron chi connectivity index (χ2n) is 8.41. The lowest BCUT2D eigenvalue weighted by atomic mass is 9.99. The Morgan fingerprint density at radius 3 is 2.70 bits per heavy atom. The average Bonchev–Trinajstić information content (AvgIpc) is 2.81. The predicted molar refractivity (Wildman–Crippen MR) is 120 cm³/mol. The smallest absolute Gasteiger partial charge is 0.259 e. The number of ether oxygens (including phenoxy) is 2. The predicted octanol–water partition coefficient (Wildman–Crippen LogP) is 2.21. The van der Waals surface area contributed by atoms with Gasteiger partial charge in [-0.1, -0.05) is 19.1 Å². The number of halogens is 1. The van der Waals surface area contributed by atoms with E-state index in [0.717, 1.165) is 0 Å². The van der Waals surface area contributed by atoms with Gasteiger partial charge in [0.2, 0.25) is 11.8 Å². The van der Waals surface area contributed by atoms with Crippen LogP contribution in [0.2, 0.25) is 0 Å². The number of carbonyl (C=O) groups excluding carboxylic acids is 2. The number of aromatic nitrogens is 1. The Kier molecular flexibility index (Phi) is 7.99. The quantitative estimate of drug-likeness (QED) is 0.683. The van der Waals surface area contributed by atoms with Gasteiger partial charge in [-0.15, -0.1) is 0 Å². The molecule has 8 nitrogen and oxygen atoms in total. The molecule has 3 atom stereocenters. The summed E-state index contributed by atoms with van der Waals surface area (Å²) in [6.07, 6.45) is 1.13. The molecule has 0 fully saturated rings. The molecule has 3 rings (SSSR count). The Bertz CT molecular complexity index is 985. The van der Waals surface area contributed by atoms with Crippen molar-refractivity contribution in [1.82, 2.24) is 14.8 Å². The maximum Gasteiger partial charge on any atom is 0.259 e. The number of pyridine rings is 1. The number of carbonyl (C=O) groups is 2. The summed E-state index contributed by atoms with van der Waals surface area (Å²) in [5, 5.41) is 9.76. The van der Waals surface area contributed by atoms with Crippen LogP contribution in [0.15, 0.2) is 36.5 Å². The van der Waals surface area contributed by atoms with Crippen LogP contribution < -0.4 is 4.74 Å². The molecule has 1 aromatic heterocycles. The molecular formula is C24H30FN3O5. The van der Waals surface area contributed by atoms with Crippen LogP contribution >= 0.6 is 0 Å². The minimum absolute atomic E-state index is 0.0420. The summed E-state index contributed by atoms with van der Waals surface area (Å²) in [7, 11) is 3.13. The third kappa shape index (κ3) is 5.66. The molecule has 2 amide bonds. The van der Waals surface area contributed by atoms with Gasteiger partial charge in [0.25, 0.3) is 5.91 Å². The van der Waals surface area contributed by atoms with Crippen LogP contribution in [0.5, 0.6) is 5.88 Å². The van der Waals surface area contributed by atoms with Crippen LogP contribution in [-0.4, -0.2) is 84.3 Å². The normalized spacial score (nSPS) is 19.2. The van der Waals surface area contributed by atoms with Gasteiger partial charge in [-0.3, -0.25) is 9.59 Å². The van der Waals surface area contributed by atoms with Gasteiger partial charge in [-0.2, -0.15) is 0 Å². The molecule has 0 bridgehead atoms. The topological polar surface area (TPSA) is 92.2 Å². The van der Waals surface area contributed by atoms with E-state index >= 15 is 0 Å². The molecule has 0 saturated carbocycles. The van der Waals surface area contributed by atoms with Crippen LogP contribution in [0, 0.1) is 11.7 Å². The average molecular weight is 460 g/mol. The molecule has 0 aliphatic carbocycles. The molecule has 178 valence electrons. The Balaban J connectivity index is 2.00. The van der Waals surface area contributed by atoms with Crippen LogP contribution in [0.1, 0.15) is 24.2 Å². The van der Waals surface area contributed by atoms with Crippen LogP contribution in [0.3, 0.4) is 0 Å². The molecule has 1 aliphatic heterocycles. The van der Waals surface area contributed by atoms with E-state index in [0.29, 0.717) is 17.7 Å². The molecule has 0 spiro atoms. The molecule has 0 saturated heterocycles. The number of nitrogens with zero attached hydrogens (tertiary/aromatic N) is 3. The van der Waals surface area contributed by atoms with Crippen molar-refractivity contribution in [2.75, 3.05) is 40.5 Å². The van der Waals surface area contributed by atoms with E-state index in [1.807, 2.05) is 6.92 Å². The number of aliphatic hydroxyl groups excluding tert-OH is 1. The molecule has 1 aromatic carbocycles. The standard InChI is InChI=1S/C24H30FN3O5/c1-15-11-28(16(2)13-29)24(31)20-9-18(17-5-7-19(25)8-6-17)10-26-23(20)33-21(15)12-27(3)22(30)14-32-4/h5-10,15-16,21,29H,11-14H2,1-4H3/t15-,16-,21-/m0/s1. The molecule has 1 N–H and O–H groups in total. The van der Waals surface area contributed by atoms with Gasteiger partial charge >= 0.3 is 0 Å². The highest BCUT2D eigenvalue weighted by Gasteiger charge is 2.34. The van der Waals surface area contributed by atoms with Gasteiger partial charge in [-0.25, -0.2) is 9.37 Å². The number of hydrogen-bond donors (Lipinski definition) is 1. The number of amides is 2. The zero-order valence-electron chi connectivity index (χ0n) is 19.3. The van der Waals surface area contributed by atoms with Gasteiger partial charge in [0, 0.05) is 38.4 Å². The SMILES string of the molecule is COCC(=O)N(C)C[C@@H]1Oc2ncc(-c3ccc(F)cc3)cc2C(=O)N([C@@H](C)CO)C[C@@H]1C. The van der Waals surface area contributed by atoms with Crippen molar-refractivity contribution in [1.29, 1.82) is 0 Å². The molecule has 2 aromatic rings. The second kappa shape index (κ2) is 10.7. The number of benzene rings is 1. The van der Waals surface area contributed by atoms with Crippen molar-refractivity contribution in [2.24, 2.45) is 5.92 Å². The van der Waals surface area contributed by atoms with E-state index in [9.17, 15) is 19.1 Å². The largest absolute Gasteiger partial charge is 0.472 e. The number of methoxy groups -OCH3 is 1. The van der Waals surface area contributed by atoms with Crippen molar-refractivity contribution >= 4 is 11.8 Å². The summed E-state index contributed by atoms with van der Waals surface area (Å²) >= 11 is 0. The lowest BCUT2D eigenvalue weighted by Crippen LogP contribution is -2.50. The third-order valence-corrected chi connectivity index (χ3v) is 5.85. The monoisotopic (exact) mass is 459 g/mol. The number of likely N-dealkylation sites (N-methyl/N-ethyl adjacent to an activating group) is 1. The van der Waals surface area contributed by atoms with Gasteiger partial charge in [0.05, 0.1) is 19.2 Å². The summed E-state index contributed by atoms with van der Waals surface area (Å²) in [5.74, 6) is -0.842. The molecule has 2 heterocycles. The fourth-order valence-corrected chi connectivity index (χ4v) is 3.73. The van der Waals surface area contributed by atoms with Crippen molar-refractivity contribution in [2.45, 2.75) is 26.0 Å². The van der Waals surface area contributed by atoms with Crippen molar-refractivity contribution in [3.63, 3.8) is 0 Å². The maximum atomic E-state index is 13.4. The number of rotatable bonds is 7. The van der Waals surface area contributed by atoms with E-state index in [1.165, 1.54) is 24.1 Å². The Morgan fingerprint density at radius 2 is 2.06 bits per heavy atom. The first-order valence-corrected chi connectivity index (χ1v) is 10.8. The van der Waals surface area contributed by atoms with Crippen molar-refractivity contribution < 1.29 is 28.6 Å². The Morgan fingerprint density at radius 1 is 1.36 bits per heavy atom. The van der Waals surface area contributed by atoms with Gasteiger partial charge < -0.3 is 24.4 Å². The maximum absolute atomic E-state index is 13.4. The van der Waals surface area contributed by atoms with Crippen molar-refractivity contribution in [3.8, 4) is 17.0 Å². The molecule has 1 aliphatic rings. The number of aliphatic hydroxyl groups is 1. The van der Waals surface area contributed by atoms with Gasteiger partial charge in [-0.05, 0) is 30.7 Å². The van der Waals surface area contributed by atoms with Crippen LogP contribution in [0.25, 0.3) is 11.1 Å². The molecule has 9 heteroatoms. The lowest BCUT2D eigenvalue weighted by molar-refractivity contribution is -0.135. The Labute approximate surface area is 192 Å². The van der Waals surface area contributed by atoms with E-state index < -0.39 is 12.1 Å². The summed E-state index contributed by atoms with van der Waals surface area (Å²) in [5.41, 5.74) is 1.60. The van der Waals surface area contributed by atoms with Gasteiger partial charge in [0.15, 0.2) is 0 Å². The molecule has 0 radical (unpaired) electrons. The minimum atomic E-state index is -0.444. The fourth-order valence-electron chi connectivity index (χ4n) is 3.73. The van der Waals surface area contributed by atoms with Crippen LogP contribution in [-0.2, 0) is 9.53 Å². The first-order chi connectivity index (χ1) is 15.7. The van der Waals surface area contributed by atoms with Crippen LogP contribution in [0.4, 0.5) is 4.39 Å². The first kappa shape index (κ1) is 24.6. The van der Waals surface area contributed by atoms with Gasteiger partial charge in [0.1, 0.15) is 24.1 Å². The number of fused-ring (bicyclic) bond motifs is 1. The fraction of sp³-hybridized carbons (Fsp3) is 0.458. The summed E-state index contributed by atoms with van der Waals surface area (Å²) in [4.78, 5) is 33.2. The highest BCUT2D eigenvalue weighted by atomic mass is 19.1. The summed E-state index contributed by atoms with van der Waals surface area (Å²) in [6.45, 7) is 4.07. The van der Waals surface area contributed by atoms with E-state index in [-0.39, 0.29) is 54.8 Å². The van der Waals surface area contributed by atoms with E-state index in [4.69, 9.17) is 9.47 Å². The first-order valence-electron chi connectivity index (χ1n) is 10.8. The molecular weight excluding hydrogens is 429 g/mol. The van der Waals surface area contributed by atoms with E-state index in [2.05, 4.69) is 4.98 Å². The highest BCUT2D eigenvalue weighted by molar-refractivity contribution is 5.98.